The van der Waals surface area contributed by atoms with Crippen LogP contribution in [0.15, 0.2) is 72.1 Å². The number of ether oxygens (including phenoxy) is 1. The maximum Gasteiger partial charge on any atom is 0.277 e. The molecule has 2 aromatic heterocycles. The Bertz CT molecular complexity index is 1380. The molecule has 0 fully saturated rings. The molecule has 3 heterocycles. The molecule has 0 saturated carbocycles. The number of nitrogens with one attached hydrogen (secondary N) is 1. The molecule has 1 aliphatic heterocycles. The summed E-state index contributed by atoms with van der Waals surface area (Å²) in [4.78, 5) is 30.1. The molecule has 35 heavy (non-hydrogen) atoms. The molecule has 2 aromatic carbocycles. The van der Waals surface area contributed by atoms with Gasteiger partial charge in [0.15, 0.2) is 0 Å². The van der Waals surface area contributed by atoms with Gasteiger partial charge in [-0.2, -0.15) is 5.10 Å². The fraction of sp³-hybridized carbons (Fsp3) is 0.222. The lowest BCUT2D eigenvalue weighted by molar-refractivity contribution is -0.126. The number of anilines is 1. The van der Waals surface area contributed by atoms with Crippen LogP contribution in [0.3, 0.4) is 0 Å². The summed E-state index contributed by atoms with van der Waals surface area (Å²) >= 11 is 1.56. The molecular formula is C27H26N4O3S. The van der Waals surface area contributed by atoms with Gasteiger partial charge in [-0.3, -0.25) is 19.2 Å². The summed E-state index contributed by atoms with van der Waals surface area (Å²) < 4.78 is 7.04. The quantitative estimate of drug-likeness (QED) is 0.430. The van der Waals surface area contributed by atoms with Crippen LogP contribution in [0.1, 0.15) is 28.5 Å². The molecule has 8 heteroatoms. The zero-order valence-electron chi connectivity index (χ0n) is 19.8. The third-order valence-electron chi connectivity index (χ3n) is 6.30. The highest BCUT2D eigenvalue weighted by molar-refractivity contribution is 7.13. The van der Waals surface area contributed by atoms with E-state index in [1.807, 2.05) is 66.9 Å². The Morgan fingerprint density at radius 1 is 1.14 bits per heavy atom. The first-order valence-electron chi connectivity index (χ1n) is 11.3. The van der Waals surface area contributed by atoms with Crippen LogP contribution in [-0.4, -0.2) is 34.2 Å². The number of hydrogen-bond acceptors (Lipinski definition) is 5. The van der Waals surface area contributed by atoms with E-state index in [0.717, 1.165) is 21.7 Å². The summed E-state index contributed by atoms with van der Waals surface area (Å²) in [7, 11) is 1.58. The lowest BCUT2D eigenvalue weighted by Crippen LogP contribution is -2.64. The number of amides is 2. The number of rotatable bonds is 6. The Morgan fingerprint density at radius 3 is 2.66 bits per heavy atom. The summed E-state index contributed by atoms with van der Waals surface area (Å²) in [6.45, 7) is 4.39. The van der Waals surface area contributed by atoms with Gasteiger partial charge in [0.25, 0.3) is 5.91 Å². The van der Waals surface area contributed by atoms with Crippen molar-refractivity contribution in [2.45, 2.75) is 32.5 Å². The zero-order valence-corrected chi connectivity index (χ0v) is 20.6. The van der Waals surface area contributed by atoms with E-state index >= 15 is 0 Å². The van der Waals surface area contributed by atoms with Gasteiger partial charge in [0.1, 0.15) is 22.7 Å². The predicted molar refractivity (Wildman–Crippen MR) is 137 cm³/mol. The molecule has 0 bridgehead atoms. The Labute approximate surface area is 208 Å². The van der Waals surface area contributed by atoms with Gasteiger partial charge in [-0.05, 0) is 49.1 Å². The molecule has 1 N–H and O–H groups in total. The maximum atomic E-state index is 13.9. The van der Waals surface area contributed by atoms with E-state index in [2.05, 4.69) is 10.4 Å². The Kier molecular flexibility index (Phi) is 5.90. The van der Waals surface area contributed by atoms with Gasteiger partial charge >= 0.3 is 0 Å². The number of methoxy groups -OCH3 is 1. The van der Waals surface area contributed by atoms with Gasteiger partial charge in [0, 0.05) is 18.3 Å². The van der Waals surface area contributed by atoms with E-state index in [0.29, 0.717) is 23.7 Å². The molecule has 178 valence electrons. The highest BCUT2D eigenvalue weighted by Gasteiger charge is 2.49. The van der Waals surface area contributed by atoms with E-state index in [1.165, 1.54) is 0 Å². The molecule has 2 amide bonds. The minimum absolute atomic E-state index is 0.219. The lowest BCUT2D eigenvalue weighted by Gasteiger charge is -2.43. The van der Waals surface area contributed by atoms with Crippen LogP contribution in [0.2, 0.25) is 0 Å². The number of carbonyl (C=O) groups is 2. The number of aryl methyl sites for hydroxylation is 1. The van der Waals surface area contributed by atoms with Crippen LogP contribution in [0.25, 0.3) is 10.6 Å². The molecule has 0 radical (unpaired) electrons. The van der Waals surface area contributed by atoms with E-state index in [4.69, 9.17) is 4.74 Å². The molecular weight excluding hydrogens is 460 g/mol. The molecule has 5 rings (SSSR count). The van der Waals surface area contributed by atoms with E-state index in [-0.39, 0.29) is 18.4 Å². The van der Waals surface area contributed by atoms with E-state index < -0.39 is 5.54 Å². The summed E-state index contributed by atoms with van der Waals surface area (Å²) in [6.07, 6.45) is 0. The topological polar surface area (TPSA) is 76.5 Å². The molecule has 7 nitrogen and oxygen atoms in total. The van der Waals surface area contributed by atoms with Crippen molar-refractivity contribution in [3.05, 3.63) is 88.9 Å². The standard InChI is InChI=1S/C27H26N4O3S/c1-18-9-11-19(12-10-18)16-28-26(33)27(2)17-30-23(15-22(29-30)24-8-5-13-35-24)25(32)31(27)20-6-4-7-21(14-20)34-3/h4-15H,16-17H2,1-3H3,(H,28,33). The van der Waals surface area contributed by atoms with Crippen LogP contribution >= 0.6 is 11.3 Å². The van der Waals surface area contributed by atoms with Gasteiger partial charge in [-0.15, -0.1) is 11.3 Å². The van der Waals surface area contributed by atoms with Crippen molar-refractivity contribution in [3.8, 4) is 16.3 Å². The lowest BCUT2D eigenvalue weighted by atomic mass is 9.93. The summed E-state index contributed by atoms with van der Waals surface area (Å²) in [5, 5.41) is 9.70. The van der Waals surface area contributed by atoms with Gasteiger partial charge in [0.05, 0.1) is 18.5 Å². The normalized spacial score (nSPS) is 17.2. The van der Waals surface area contributed by atoms with Crippen molar-refractivity contribution < 1.29 is 14.3 Å². The number of nitrogens with zero attached hydrogens (tertiary/aromatic N) is 3. The fourth-order valence-electron chi connectivity index (χ4n) is 4.36. The smallest absolute Gasteiger partial charge is 0.277 e. The minimum Gasteiger partial charge on any atom is -0.497 e. The molecule has 1 aliphatic rings. The second kappa shape index (κ2) is 9.03. The average Bonchev–Trinajstić information content (AvgIpc) is 3.54. The van der Waals surface area contributed by atoms with Crippen LogP contribution in [-0.2, 0) is 17.9 Å². The number of thiophene rings is 1. The van der Waals surface area contributed by atoms with Gasteiger partial charge < -0.3 is 10.1 Å². The number of hydrogen-bond donors (Lipinski definition) is 1. The summed E-state index contributed by atoms with van der Waals surface area (Å²) in [5.41, 5.74) is 2.69. The van der Waals surface area contributed by atoms with Crippen molar-refractivity contribution in [1.29, 1.82) is 0 Å². The first kappa shape index (κ1) is 22.9. The van der Waals surface area contributed by atoms with Gasteiger partial charge in [0.2, 0.25) is 5.91 Å². The fourth-order valence-corrected chi connectivity index (χ4v) is 5.04. The molecule has 1 atom stereocenters. The number of carbonyl (C=O) groups excluding carboxylic acids is 2. The average molecular weight is 487 g/mol. The van der Waals surface area contributed by atoms with Crippen molar-refractivity contribution in [1.82, 2.24) is 15.1 Å². The SMILES string of the molecule is COc1cccc(N2C(=O)c3cc(-c4cccs4)nn3CC2(C)C(=O)NCc2ccc(C)cc2)c1. The summed E-state index contributed by atoms with van der Waals surface area (Å²) in [5.74, 6) is 0.0666. The van der Waals surface area contributed by atoms with E-state index in [9.17, 15) is 9.59 Å². The van der Waals surface area contributed by atoms with Gasteiger partial charge in [-0.25, -0.2) is 0 Å². The predicted octanol–water partition coefficient (Wildman–Crippen LogP) is 4.66. The highest BCUT2D eigenvalue weighted by atomic mass is 32.1. The van der Waals surface area contributed by atoms with Crippen LogP contribution in [0, 0.1) is 6.92 Å². The van der Waals surface area contributed by atoms with Crippen molar-refractivity contribution in [2.24, 2.45) is 0 Å². The van der Waals surface area contributed by atoms with Crippen molar-refractivity contribution >= 4 is 28.8 Å². The third-order valence-corrected chi connectivity index (χ3v) is 7.19. The van der Waals surface area contributed by atoms with Crippen molar-refractivity contribution in [2.75, 3.05) is 12.0 Å². The number of fused-ring (bicyclic) bond motifs is 1. The van der Waals surface area contributed by atoms with Crippen LogP contribution in [0.4, 0.5) is 5.69 Å². The molecule has 0 aliphatic carbocycles. The monoisotopic (exact) mass is 486 g/mol. The van der Waals surface area contributed by atoms with E-state index in [1.54, 1.807) is 47.1 Å². The molecule has 4 aromatic rings. The number of benzene rings is 2. The zero-order chi connectivity index (χ0) is 24.6. The first-order chi connectivity index (χ1) is 16.9. The molecule has 0 saturated heterocycles. The Hall–Kier alpha value is -3.91. The Balaban J connectivity index is 1.53. The van der Waals surface area contributed by atoms with Gasteiger partial charge in [-0.1, -0.05) is 42.0 Å². The molecule has 0 spiro atoms. The third kappa shape index (κ3) is 4.21. The number of aromatic nitrogens is 2. The minimum atomic E-state index is -1.21. The largest absolute Gasteiger partial charge is 0.497 e. The van der Waals surface area contributed by atoms with Crippen LogP contribution < -0.4 is 15.0 Å². The van der Waals surface area contributed by atoms with Crippen molar-refractivity contribution in [3.63, 3.8) is 0 Å². The maximum absolute atomic E-state index is 13.9. The Morgan fingerprint density at radius 2 is 1.94 bits per heavy atom. The van der Waals surface area contributed by atoms with Crippen LogP contribution in [0.5, 0.6) is 5.75 Å². The molecule has 1 unspecified atom stereocenters. The highest BCUT2D eigenvalue weighted by Crippen LogP contribution is 2.36. The second-order valence-corrected chi connectivity index (χ2v) is 9.78. The summed E-state index contributed by atoms with van der Waals surface area (Å²) in [6, 6.07) is 20.9. The second-order valence-electron chi connectivity index (χ2n) is 8.83. The first-order valence-corrected chi connectivity index (χ1v) is 12.2.